The smallest absolute Gasteiger partial charge is 0.310 e. The molecule has 0 unspecified atom stereocenters. The van der Waals surface area contributed by atoms with E-state index in [1.165, 1.54) is 0 Å². The summed E-state index contributed by atoms with van der Waals surface area (Å²) in [7, 11) is 0. The van der Waals surface area contributed by atoms with Crippen LogP contribution in [0.4, 0.5) is 0 Å². The minimum Gasteiger partial charge on any atom is -0.487 e. The number of benzene rings is 1. The average molecular weight is 558 g/mol. The summed E-state index contributed by atoms with van der Waals surface area (Å²) in [4.78, 5) is 19.6. The van der Waals surface area contributed by atoms with Gasteiger partial charge in [0.05, 0.1) is 16.6 Å². The molecule has 218 valence electrons. The first-order valence-corrected chi connectivity index (χ1v) is 14.4. The molecule has 1 aliphatic heterocycles. The van der Waals surface area contributed by atoms with Crippen molar-refractivity contribution in [3.63, 3.8) is 0 Å². The number of carboxylic acids is 1. The van der Waals surface area contributed by atoms with Crippen LogP contribution in [0.3, 0.4) is 0 Å². The SMILES string of the molecule is C=C(/C=C(CN1Cc2ncccc2O[C@H](CC)C1)\C(C)=C/C)[C@@H](c1ccc2c(nnn2CC)c1C)C(C)(C)C(=O)O. The summed E-state index contributed by atoms with van der Waals surface area (Å²) in [6.07, 6.45) is 6.93. The molecule has 0 radical (unpaired) electrons. The molecule has 0 amide bonds. The second-order valence-corrected chi connectivity index (χ2v) is 11.5. The molecular formula is C33H43N5O3. The highest BCUT2D eigenvalue weighted by atomic mass is 16.5. The van der Waals surface area contributed by atoms with Crippen molar-refractivity contribution in [3.8, 4) is 5.75 Å². The molecule has 3 heterocycles. The molecule has 1 aromatic carbocycles. The van der Waals surface area contributed by atoms with Crippen LogP contribution in [0.5, 0.6) is 5.75 Å². The lowest BCUT2D eigenvalue weighted by Gasteiger charge is -2.33. The molecule has 0 saturated heterocycles. The predicted octanol–water partition coefficient (Wildman–Crippen LogP) is 6.47. The summed E-state index contributed by atoms with van der Waals surface area (Å²) in [5.41, 5.74) is 6.33. The third kappa shape index (κ3) is 6.12. The van der Waals surface area contributed by atoms with Gasteiger partial charge in [-0.15, -0.1) is 5.10 Å². The van der Waals surface area contributed by atoms with Crippen LogP contribution in [-0.2, 0) is 17.9 Å². The van der Waals surface area contributed by atoms with Crippen LogP contribution in [0.15, 0.2) is 65.9 Å². The van der Waals surface area contributed by atoms with E-state index in [0.29, 0.717) is 19.6 Å². The molecule has 0 saturated carbocycles. The van der Waals surface area contributed by atoms with Crippen molar-refractivity contribution in [2.45, 2.75) is 80.0 Å². The van der Waals surface area contributed by atoms with E-state index in [-0.39, 0.29) is 6.10 Å². The van der Waals surface area contributed by atoms with E-state index >= 15 is 0 Å². The number of rotatable bonds is 10. The second kappa shape index (κ2) is 12.4. The average Bonchev–Trinajstić information content (AvgIpc) is 3.28. The minimum atomic E-state index is -1.12. The Morgan fingerprint density at radius 1 is 1.29 bits per heavy atom. The number of aryl methyl sites for hydroxylation is 2. The van der Waals surface area contributed by atoms with Crippen LogP contribution >= 0.6 is 0 Å². The number of hydrogen-bond donors (Lipinski definition) is 1. The molecule has 1 N–H and O–H groups in total. The maximum atomic E-state index is 12.6. The van der Waals surface area contributed by atoms with Crippen molar-refractivity contribution in [1.29, 1.82) is 0 Å². The topological polar surface area (TPSA) is 93.4 Å². The fourth-order valence-corrected chi connectivity index (χ4v) is 5.69. The van der Waals surface area contributed by atoms with Crippen molar-refractivity contribution >= 4 is 17.0 Å². The van der Waals surface area contributed by atoms with Crippen molar-refractivity contribution in [3.05, 3.63) is 82.7 Å². The van der Waals surface area contributed by atoms with Gasteiger partial charge in [0.1, 0.15) is 17.4 Å². The van der Waals surface area contributed by atoms with Crippen LogP contribution in [0.2, 0.25) is 0 Å². The van der Waals surface area contributed by atoms with Gasteiger partial charge < -0.3 is 9.84 Å². The Morgan fingerprint density at radius 3 is 2.71 bits per heavy atom. The summed E-state index contributed by atoms with van der Waals surface area (Å²) < 4.78 is 8.13. The molecule has 0 aliphatic carbocycles. The molecule has 1 aliphatic rings. The Bertz CT molecular complexity index is 1500. The fraction of sp³-hybridized carbons (Fsp3) is 0.455. The molecule has 8 heteroatoms. The Kier molecular flexibility index (Phi) is 9.12. The van der Waals surface area contributed by atoms with Gasteiger partial charge in [0.25, 0.3) is 0 Å². The number of ether oxygens (including phenoxy) is 1. The molecular weight excluding hydrogens is 514 g/mol. The van der Waals surface area contributed by atoms with Gasteiger partial charge in [0.15, 0.2) is 0 Å². The van der Waals surface area contributed by atoms with Crippen LogP contribution in [0.1, 0.15) is 70.7 Å². The summed E-state index contributed by atoms with van der Waals surface area (Å²) in [5, 5.41) is 19.1. The monoisotopic (exact) mass is 557 g/mol. The molecule has 2 aromatic heterocycles. The zero-order valence-electron chi connectivity index (χ0n) is 25.4. The number of carboxylic acid groups (broad SMARTS) is 1. The van der Waals surface area contributed by atoms with E-state index in [9.17, 15) is 9.90 Å². The van der Waals surface area contributed by atoms with Gasteiger partial charge in [-0.05, 0) is 88.4 Å². The lowest BCUT2D eigenvalue weighted by atomic mass is 9.69. The fourth-order valence-electron chi connectivity index (χ4n) is 5.69. The highest BCUT2D eigenvalue weighted by molar-refractivity contribution is 5.82. The van der Waals surface area contributed by atoms with Gasteiger partial charge in [0, 0.05) is 38.3 Å². The van der Waals surface area contributed by atoms with E-state index in [4.69, 9.17) is 4.74 Å². The maximum absolute atomic E-state index is 12.6. The normalized spacial score (nSPS) is 17.6. The van der Waals surface area contributed by atoms with Crippen molar-refractivity contribution < 1.29 is 14.6 Å². The molecule has 2 atom stereocenters. The highest BCUT2D eigenvalue weighted by Crippen LogP contribution is 2.44. The number of fused-ring (bicyclic) bond motifs is 2. The first-order chi connectivity index (χ1) is 19.5. The zero-order valence-corrected chi connectivity index (χ0v) is 25.4. The van der Waals surface area contributed by atoms with Gasteiger partial charge in [0.2, 0.25) is 0 Å². The van der Waals surface area contributed by atoms with E-state index in [1.54, 1.807) is 20.0 Å². The first kappa shape index (κ1) is 30.2. The van der Waals surface area contributed by atoms with Gasteiger partial charge in [-0.2, -0.15) is 0 Å². The third-order valence-corrected chi connectivity index (χ3v) is 8.36. The van der Waals surface area contributed by atoms with Crippen molar-refractivity contribution in [2.24, 2.45) is 5.41 Å². The summed E-state index contributed by atoms with van der Waals surface area (Å²) in [6.45, 7) is 21.1. The molecule has 0 fully saturated rings. The molecule has 0 spiro atoms. The number of carbonyl (C=O) groups is 1. The third-order valence-electron chi connectivity index (χ3n) is 8.36. The van der Waals surface area contributed by atoms with E-state index in [2.05, 4.69) is 52.8 Å². The second-order valence-electron chi connectivity index (χ2n) is 11.5. The number of hydrogen-bond acceptors (Lipinski definition) is 6. The molecule has 4 rings (SSSR count). The number of aromatic nitrogens is 4. The summed E-state index contributed by atoms with van der Waals surface area (Å²) >= 11 is 0. The number of pyridine rings is 1. The number of nitrogens with zero attached hydrogens (tertiary/aromatic N) is 5. The molecule has 8 nitrogen and oxygen atoms in total. The van der Waals surface area contributed by atoms with E-state index in [1.807, 2.05) is 49.7 Å². The van der Waals surface area contributed by atoms with Crippen LogP contribution in [-0.4, -0.2) is 55.1 Å². The van der Waals surface area contributed by atoms with Gasteiger partial charge in [-0.25, -0.2) is 4.68 Å². The highest BCUT2D eigenvalue weighted by Gasteiger charge is 2.40. The quantitative estimate of drug-likeness (QED) is 0.286. The number of allylic oxidation sites excluding steroid dienone is 3. The lowest BCUT2D eigenvalue weighted by molar-refractivity contribution is -0.147. The van der Waals surface area contributed by atoms with Crippen LogP contribution < -0.4 is 4.74 Å². The van der Waals surface area contributed by atoms with Crippen molar-refractivity contribution in [1.82, 2.24) is 24.9 Å². The lowest BCUT2D eigenvalue weighted by Crippen LogP contribution is -2.34. The Balaban J connectivity index is 1.76. The van der Waals surface area contributed by atoms with Crippen molar-refractivity contribution in [2.75, 3.05) is 13.1 Å². The largest absolute Gasteiger partial charge is 0.487 e. The zero-order chi connectivity index (χ0) is 29.9. The summed E-state index contributed by atoms with van der Waals surface area (Å²) in [6, 6.07) is 7.91. The number of aliphatic carboxylic acids is 1. The first-order valence-electron chi connectivity index (χ1n) is 14.4. The molecule has 41 heavy (non-hydrogen) atoms. The Morgan fingerprint density at radius 2 is 2.05 bits per heavy atom. The summed E-state index contributed by atoms with van der Waals surface area (Å²) in [5.74, 6) is -0.515. The van der Waals surface area contributed by atoms with Crippen LogP contribution in [0, 0.1) is 12.3 Å². The molecule has 0 bridgehead atoms. The maximum Gasteiger partial charge on any atom is 0.310 e. The Hall–Kier alpha value is -3.78. The van der Waals surface area contributed by atoms with Gasteiger partial charge in [-0.1, -0.05) is 42.5 Å². The van der Waals surface area contributed by atoms with E-state index in [0.717, 1.165) is 63.3 Å². The van der Waals surface area contributed by atoms with E-state index < -0.39 is 17.3 Å². The predicted molar refractivity (Wildman–Crippen MR) is 163 cm³/mol. The Labute approximate surface area is 243 Å². The molecule has 3 aromatic rings. The van der Waals surface area contributed by atoms with Crippen LogP contribution in [0.25, 0.3) is 11.0 Å². The minimum absolute atomic E-state index is 0.0559. The van der Waals surface area contributed by atoms with Gasteiger partial charge >= 0.3 is 5.97 Å². The standard InChI is InChI=1S/C33H43N5O3/c1-9-21(4)24(18-37-19-25(10-2)41-29-13-12-16-34-27(29)20-37)17-22(5)30(33(7,8)32(39)40)26-14-15-28-31(23(26)6)35-36-38(28)11-3/h9,12-17,25,30H,5,10-11,18-20H2,1-4,6-8H3,(H,39,40)/b21-9-,24-17-/t25-,30+/m1/s1. The van der Waals surface area contributed by atoms with Gasteiger partial charge in [-0.3, -0.25) is 14.7 Å².